The van der Waals surface area contributed by atoms with Crippen LogP contribution in [0.1, 0.15) is 40.2 Å². The fraction of sp³-hybridized carbons (Fsp3) is 0.526. The van der Waals surface area contributed by atoms with Gasteiger partial charge in [-0.25, -0.2) is 4.98 Å². The van der Waals surface area contributed by atoms with Crippen LogP contribution < -0.4 is 5.56 Å². The highest BCUT2D eigenvalue weighted by Gasteiger charge is 2.56. The standard InChI is InChI=1S/C19H24N4O2S/c1-13-9-16(24)21-11-14(13)18(25)23-6-3-19(4-7-23)10-15(19)22(2)12-17-20-5-8-26-17/h5,8-9,11,15H,3-4,6-7,10,12H2,1-2H3,(H,21,24)/t15-/m1/s1. The molecule has 26 heavy (non-hydrogen) atoms. The van der Waals surface area contributed by atoms with Crippen molar-refractivity contribution < 1.29 is 4.79 Å². The zero-order chi connectivity index (χ0) is 18.3. The van der Waals surface area contributed by atoms with Crippen LogP contribution in [-0.2, 0) is 6.54 Å². The van der Waals surface area contributed by atoms with Gasteiger partial charge in [0, 0.05) is 43.0 Å². The maximum absolute atomic E-state index is 12.8. The van der Waals surface area contributed by atoms with E-state index >= 15 is 0 Å². The van der Waals surface area contributed by atoms with Gasteiger partial charge in [0.1, 0.15) is 5.01 Å². The minimum Gasteiger partial charge on any atom is -0.339 e. The third kappa shape index (κ3) is 3.21. The molecule has 2 aromatic rings. The molecule has 1 aliphatic carbocycles. The zero-order valence-electron chi connectivity index (χ0n) is 15.2. The number of hydrogen-bond acceptors (Lipinski definition) is 5. The third-order valence-electron chi connectivity index (χ3n) is 5.95. The van der Waals surface area contributed by atoms with Crippen molar-refractivity contribution in [3.63, 3.8) is 0 Å². The van der Waals surface area contributed by atoms with Gasteiger partial charge in [-0.1, -0.05) is 0 Å². The summed E-state index contributed by atoms with van der Waals surface area (Å²) in [4.78, 5) is 35.5. The first-order valence-electron chi connectivity index (χ1n) is 9.06. The summed E-state index contributed by atoms with van der Waals surface area (Å²) in [7, 11) is 2.18. The Hall–Kier alpha value is -1.99. The molecule has 0 bridgehead atoms. The predicted octanol–water partition coefficient (Wildman–Crippen LogP) is 2.27. The van der Waals surface area contributed by atoms with Crippen molar-refractivity contribution in [1.29, 1.82) is 0 Å². The third-order valence-corrected chi connectivity index (χ3v) is 6.72. The quantitative estimate of drug-likeness (QED) is 0.894. The van der Waals surface area contributed by atoms with Crippen molar-refractivity contribution in [1.82, 2.24) is 19.8 Å². The monoisotopic (exact) mass is 372 g/mol. The average Bonchev–Trinajstić information content (AvgIpc) is 3.07. The average molecular weight is 372 g/mol. The first-order chi connectivity index (χ1) is 12.5. The second-order valence-corrected chi connectivity index (χ2v) is 8.59. The van der Waals surface area contributed by atoms with E-state index in [0.717, 1.165) is 43.0 Å². The summed E-state index contributed by atoms with van der Waals surface area (Å²) in [5.41, 5.74) is 1.55. The Morgan fingerprint density at radius 1 is 1.46 bits per heavy atom. The number of amides is 1. The highest BCUT2D eigenvalue weighted by Crippen LogP contribution is 2.56. The van der Waals surface area contributed by atoms with E-state index in [0.29, 0.717) is 17.0 Å². The van der Waals surface area contributed by atoms with Crippen LogP contribution in [0.25, 0.3) is 0 Å². The van der Waals surface area contributed by atoms with E-state index in [1.807, 2.05) is 23.4 Å². The molecular weight excluding hydrogens is 348 g/mol. The van der Waals surface area contributed by atoms with Gasteiger partial charge < -0.3 is 9.88 Å². The number of pyridine rings is 1. The summed E-state index contributed by atoms with van der Waals surface area (Å²) in [5.74, 6) is 0.0296. The summed E-state index contributed by atoms with van der Waals surface area (Å²) in [6.45, 7) is 4.31. The molecule has 0 aromatic carbocycles. The molecule has 2 aromatic heterocycles. The van der Waals surface area contributed by atoms with Crippen LogP contribution in [0.15, 0.2) is 28.6 Å². The SMILES string of the molecule is Cc1cc(=O)[nH]cc1C(=O)N1CCC2(CC1)C[C@H]2N(C)Cc1nccs1. The minimum absolute atomic E-state index is 0.0296. The molecule has 1 saturated heterocycles. The Balaban J connectivity index is 1.36. The van der Waals surface area contributed by atoms with Gasteiger partial charge in [-0.3, -0.25) is 14.5 Å². The van der Waals surface area contributed by atoms with Gasteiger partial charge in [0.15, 0.2) is 0 Å². The number of hydrogen-bond donors (Lipinski definition) is 1. The van der Waals surface area contributed by atoms with E-state index in [9.17, 15) is 9.59 Å². The highest BCUT2D eigenvalue weighted by atomic mass is 32.1. The molecule has 1 spiro atoms. The number of aryl methyl sites for hydroxylation is 1. The molecule has 3 heterocycles. The van der Waals surface area contributed by atoms with Crippen molar-refractivity contribution in [3.05, 3.63) is 50.3 Å². The molecule has 7 heteroatoms. The normalized spacial score (nSPS) is 21.3. The lowest BCUT2D eigenvalue weighted by molar-refractivity contribution is 0.0656. The fourth-order valence-corrected chi connectivity index (χ4v) is 4.95. The summed E-state index contributed by atoms with van der Waals surface area (Å²) in [6.07, 6.45) is 6.72. The van der Waals surface area contributed by atoms with Gasteiger partial charge in [-0.05, 0) is 44.2 Å². The van der Waals surface area contributed by atoms with Crippen LogP contribution in [0.5, 0.6) is 0 Å². The number of nitrogens with one attached hydrogen (secondary N) is 1. The molecule has 1 N–H and O–H groups in total. The second-order valence-electron chi connectivity index (χ2n) is 7.61. The van der Waals surface area contributed by atoms with Gasteiger partial charge in [-0.15, -0.1) is 11.3 Å². The number of piperidine rings is 1. The molecule has 0 unspecified atom stereocenters. The molecule has 2 aliphatic rings. The molecule has 4 rings (SSSR count). The lowest BCUT2D eigenvalue weighted by Gasteiger charge is -2.34. The van der Waals surface area contributed by atoms with Crippen molar-refractivity contribution in [2.24, 2.45) is 5.41 Å². The number of aromatic amines is 1. The van der Waals surface area contributed by atoms with Crippen LogP contribution in [0.2, 0.25) is 0 Å². The molecule has 2 fully saturated rings. The molecule has 1 amide bonds. The van der Waals surface area contributed by atoms with E-state index < -0.39 is 0 Å². The summed E-state index contributed by atoms with van der Waals surface area (Å²) in [5, 5.41) is 3.19. The molecule has 0 radical (unpaired) electrons. The van der Waals surface area contributed by atoms with E-state index in [4.69, 9.17) is 0 Å². The van der Waals surface area contributed by atoms with Crippen LogP contribution >= 0.6 is 11.3 Å². The Morgan fingerprint density at radius 2 is 2.23 bits per heavy atom. The first-order valence-corrected chi connectivity index (χ1v) is 9.94. The lowest BCUT2D eigenvalue weighted by atomic mass is 9.92. The maximum atomic E-state index is 12.8. The fourth-order valence-electron chi connectivity index (χ4n) is 4.27. The Kier molecular flexibility index (Phi) is 4.44. The van der Waals surface area contributed by atoms with E-state index in [1.54, 1.807) is 17.5 Å². The van der Waals surface area contributed by atoms with Crippen molar-refractivity contribution in [3.8, 4) is 0 Å². The highest BCUT2D eigenvalue weighted by molar-refractivity contribution is 7.09. The first kappa shape index (κ1) is 17.4. The van der Waals surface area contributed by atoms with Crippen molar-refractivity contribution in [2.45, 2.75) is 38.8 Å². The minimum atomic E-state index is -0.166. The Bertz CT molecular complexity index is 853. The van der Waals surface area contributed by atoms with Crippen LogP contribution in [-0.4, -0.2) is 51.9 Å². The molecule has 1 atom stereocenters. The number of aromatic nitrogens is 2. The number of rotatable bonds is 4. The van der Waals surface area contributed by atoms with Gasteiger partial charge in [0.25, 0.3) is 5.91 Å². The van der Waals surface area contributed by atoms with Gasteiger partial charge in [0.05, 0.1) is 12.1 Å². The largest absolute Gasteiger partial charge is 0.339 e. The van der Waals surface area contributed by atoms with E-state index in [1.165, 1.54) is 12.5 Å². The number of thiazole rings is 1. The number of likely N-dealkylation sites (tertiary alicyclic amines) is 1. The molecular formula is C19H24N4O2S. The maximum Gasteiger partial charge on any atom is 0.255 e. The molecule has 6 nitrogen and oxygen atoms in total. The summed E-state index contributed by atoms with van der Waals surface area (Å²) < 4.78 is 0. The summed E-state index contributed by atoms with van der Waals surface area (Å²) in [6, 6.07) is 2.09. The lowest BCUT2D eigenvalue weighted by Crippen LogP contribution is -2.41. The van der Waals surface area contributed by atoms with Crippen LogP contribution in [0.4, 0.5) is 0 Å². The molecule has 1 aliphatic heterocycles. The molecule has 138 valence electrons. The van der Waals surface area contributed by atoms with Crippen LogP contribution in [0.3, 0.4) is 0 Å². The van der Waals surface area contributed by atoms with Gasteiger partial charge in [0.2, 0.25) is 5.56 Å². The molecule has 1 saturated carbocycles. The van der Waals surface area contributed by atoms with E-state index in [-0.39, 0.29) is 11.5 Å². The second kappa shape index (κ2) is 6.63. The van der Waals surface area contributed by atoms with Crippen molar-refractivity contribution in [2.75, 3.05) is 20.1 Å². The smallest absolute Gasteiger partial charge is 0.255 e. The number of carbonyl (C=O) groups excluding carboxylic acids is 1. The van der Waals surface area contributed by atoms with Crippen LogP contribution in [0, 0.1) is 12.3 Å². The number of nitrogens with zero attached hydrogens (tertiary/aromatic N) is 3. The number of H-pyrrole nitrogens is 1. The number of carbonyl (C=O) groups is 1. The van der Waals surface area contributed by atoms with E-state index in [2.05, 4.69) is 21.9 Å². The zero-order valence-corrected chi connectivity index (χ0v) is 16.0. The van der Waals surface area contributed by atoms with Crippen molar-refractivity contribution >= 4 is 17.2 Å². The Morgan fingerprint density at radius 3 is 2.88 bits per heavy atom. The van der Waals surface area contributed by atoms with Gasteiger partial charge in [-0.2, -0.15) is 0 Å². The topological polar surface area (TPSA) is 69.3 Å². The predicted molar refractivity (Wildman–Crippen MR) is 101 cm³/mol. The Labute approximate surface area is 156 Å². The van der Waals surface area contributed by atoms with Gasteiger partial charge >= 0.3 is 0 Å². The summed E-state index contributed by atoms with van der Waals surface area (Å²) >= 11 is 1.70.